The molecule has 54 heavy (non-hydrogen) atoms. The Hall–Kier alpha value is -0.540. The normalized spacial score (nSPS) is 14.6. The number of nitrogens with two attached hydrogens (primary N) is 1. The van der Waals surface area contributed by atoms with Crippen LogP contribution in [0.4, 0.5) is 0 Å². The third kappa shape index (κ3) is 38.3. The summed E-state index contributed by atoms with van der Waals surface area (Å²) in [5.74, 6) is -0.409. The van der Waals surface area contributed by atoms with Crippen LogP contribution < -0.4 is 11.1 Å². The number of amides is 1. The van der Waals surface area contributed by atoms with Gasteiger partial charge in [-0.15, -0.1) is 0 Å². The van der Waals surface area contributed by atoms with Crippen molar-refractivity contribution in [2.24, 2.45) is 5.73 Å². The van der Waals surface area contributed by atoms with Crippen molar-refractivity contribution in [3.63, 3.8) is 0 Å². The minimum absolute atomic E-state index is 0.0627. The van der Waals surface area contributed by atoms with Crippen molar-refractivity contribution >= 4 is 13.7 Å². The molecule has 0 heterocycles. The first-order valence-electron chi connectivity index (χ1n) is 23.2. The van der Waals surface area contributed by atoms with Gasteiger partial charge in [-0.25, -0.2) is 4.57 Å². The smallest absolute Gasteiger partial charge is 0.393 e. The molecule has 9 nitrogen and oxygen atoms in total. The summed E-state index contributed by atoms with van der Waals surface area (Å²) in [4.78, 5) is 22.8. The second-order valence-corrected chi connectivity index (χ2v) is 17.6. The van der Waals surface area contributed by atoms with Gasteiger partial charge in [0.25, 0.3) is 0 Å². The average molecular weight is 791 g/mol. The maximum atomic E-state index is 12.8. The number of carbonyl (C=O) groups excluding carboxylic acids is 1. The Morgan fingerprint density at radius 1 is 0.556 bits per heavy atom. The van der Waals surface area contributed by atoms with Crippen LogP contribution in [0.15, 0.2) is 0 Å². The lowest BCUT2D eigenvalue weighted by molar-refractivity contribution is -0.125. The molecule has 324 valence electrons. The van der Waals surface area contributed by atoms with E-state index in [9.17, 15) is 24.5 Å². The van der Waals surface area contributed by atoms with E-state index in [1.165, 1.54) is 167 Å². The fraction of sp³-hybridized carbons (Fsp3) is 0.977. The zero-order chi connectivity index (χ0) is 39.8. The maximum Gasteiger partial charge on any atom is 0.472 e. The molecule has 4 atom stereocenters. The van der Waals surface area contributed by atoms with E-state index in [-0.39, 0.29) is 26.2 Å². The molecule has 0 fully saturated rings. The molecule has 0 spiro atoms. The maximum absolute atomic E-state index is 12.8. The van der Waals surface area contributed by atoms with E-state index in [0.717, 1.165) is 38.5 Å². The van der Waals surface area contributed by atoms with Crippen LogP contribution in [-0.4, -0.2) is 59.0 Å². The Kier molecular flexibility index (Phi) is 40.2. The zero-order valence-corrected chi connectivity index (χ0v) is 36.5. The minimum Gasteiger partial charge on any atom is -0.393 e. The average Bonchev–Trinajstić information content (AvgIpc) is 3.15. The van der Waals surface area contributed by atoms with Crippen LogP contribution in [0, 0.1) is 0 Å². The number of nitrogens with one attached hydrogen (secondary N) is 1. The molecule has 4 unspecified atom stereocenters. The Balaban J connectivity index is 4.17. The number of hydrogen-bond donors (Lipinski definition) is 5. The van der Waals surface area contributed by atoms with Crippen LogP contribution in [0.1, 0.15) is 239 Å². The Labute approximate surface area is 334 Å². The van der Waals surface area contributed by atoms with Crippen molar-refractivity contribution < 1.29 is 33.5 Å². The van der Waals surface area contributed by atoms with Gasteiger partial charge in [0.1, 0.15) is 0 Å². The third-order valence-corrected chi connectivity index (χ3v) is 11.7. The molecule has 0 bridgehead atoms. The molecule has 10 heteroatoms. The largest absolute Gasteiger partial charge is 0.472 e. The highest BCUT2D eigenvalue weighted by atomic mass is 31.2. The van der Waals surface area contributed by atoms with Crippen LogP contribution in [-0.2, 0) is 18.4 Å². The Morgan fingerprint density at radius 2 is 0.889 bits per heavy atom. The van der Waals surface area contributed by atoms with Gasteiger partial charge < -0.3 is 26.2 Å². The van der Waals surface area contributed by atoms with E-state index >= 15 is 0 Å². The summed E-state index contributed by atoms with van der Waals surface area (Å²) in [5, 5.41) is 24.2. The van der Waals surface area contributed by atoms with Crippen LogP contribution in [0.2, 0.25) is 0 Å². The molecule has 6 N–H and O–H groups in total. The second-order valence-electron chi connectivity index (χ2n) is 16.2. The van der Waals surface area contributed by atoms with Crippen molar-refractivity contribution in [1.82, 2.24) is 5.32 Å². The van der Waals surface area contributed by atoms with Crippen molar-refractivity contribution in [2.45, 2.75) is 257 Å². The summed E-state index contributed by atoms with van der Waals surface area (Å²) in [7, 11) is -4.37. The molecule has 0 aromatic rings. The van der Waals surface area contributed by atoms with Gasteiger partial charge >= 0.3 is 7.82 Å². The lowest BCUT2D eigenvalue weighted by Gasteiger charge is -2.25. The van der Waals surface area contributed by atoms with E-state index in [1.807, 2.05) is 0 Å². The number of phosphoric ester groups is 1. The molecule has 0 aromatic heterocycles. The summed E-state index contributed by atoms with van der Waals surface area (Å²) in [6.07, 6.45) is 40.0. The number of rotatable bonds is 44. The van der Waals surface area contributed by atoms with Gasteiger partial charge in [-0.3, -0.25) is 13.8 Å². The van der Waals surface area contributed by atoms with Crippen molar-refractivity contribution in [3.8, 4) is 0 Å². The van der Waals surface area contributed by atoms with Crippen molar-refractivity contribution in [2.75, 3.05) is 19.8 Å². The van der Waals surface area contributed by atoms with Crippen LogP contribution >= 0.6 is 7.82 Å². The molecule has 0 radical (unpaired) electrons. The number of unbranched alkanes of at least 4 members (excludes halogenated alkanes) is 30. The number of carbonyl (C=O) groups is 1. The van der Waals surface area contributed by atoms with E-state index in [1.54, 1.807) is 0 Å². The molecule has 0 saturated heterocycles. The topological polar surface area (TPSA) is 151 Å². The predicted octanol–water partition coefficient (Wildman–Crippen LogP) is 12.0. The number of aliphatic hydroxyl groups is 2. The Morgan fingerprint density at radius 3 is 1.24 bits per heavy atom. The number of hydrogen-bond acceptors (Lipinski definition) is 7. The zero-order valence-electron chi connectivity index (χ0n) is 35.6. The van der Waals surface area contributed by atoms with E-state index in [0.29, 0.717) is 12.8 Å². The monoisotopic (exact) mass is 791 g/mol. The number of phosphoric acid groups is 1. The minimum atomic E-state index is -4.37. The van der Waals surface area contributed by atoms with Crippen LogP contribution in [0.5, 0.6) is 0 Å². The molecule has 0 rings (SSSR count). The molecule has 0 saturated carbocycles. The molecule has 0 aliphatic heterocycles. The summed E-state index contributed by atoms with van der Waals surface area (Å²) < 4.78 is 22.2. The SMILES string of the molecule is CCCCCCCCCCCCCCCCCCCCCCC(O)C(COP(=O)(O)OCCN)NC(=O)CC(O)CCCCCCCCCCCCCC. The second kappa shape index (κ2) is 40.6. The van der Waals surface area contributed by atoms with Gasteiger partial charge in [-0.05, 0) is 12.8 Å². The molecule has 0 aliphatic rings. The predicted molar refractivity (Wildman–Crippen MR) is 228 cm³/mol. The van der Waals surface area contributed by atoms with E-state index < -0.39 is 32.0 Å². The molecular weight excluding hydrogens is 699 g/mol. The van der Waals surface area contributed by atoms with E-state index in [2.05, 4.69) is 19.2 Å². The fourth-order valence-corrected chi connectivity index (χ4v) is 8.00. The standard InChI is InChI=1S/C44H91N2O7P/c1-3-5-7-9-11-13-15-17-18-19-20-21-22-23-24-26-28-30-32-34-36-43(48)42(40-53-54(50,51)52-38-37-45)46-44(49)39-41(47)35-33-31-29-27-25-16-14-12-10-8-6-4-2/h41-43,47-48H,3-40,45H2,1-2H3,(H,46,49)(H,50,51). The summed E-state index contributed by atoms with van der Waals surface area (Å²) in [6, 6.07) is -0.890. The van der Waals surface area contributed by atoms with Gasteiger partial charge in [0.05, 0.1) is 37.9 Å². The summed E-state index contributed by atoms with van der Waals surface area (Å²) in [6.45, 7) is 4.07. The lowest BCUT2D eigenvalue weighted by Crippen LogP contribution is -2.47. The first kappa shape index (κ1) is 53.5. The Bertz CT molecular complexity index is 837. The van der Waals surface area contributed by atoms with Crippen molar-refractivity contribution in [3.05, 3.63) is 0 Å². The third-order valence-electron chi connectivity index (χ3n) is 10.8. The van der Waals surface area contributed by atoms with Crippen LogP contribution in [0.3, 0.4) is 0 Å². The van der Waals surface area contributed by atoms with Gasteiger partial charge in [0, 0.05) is 6.54 Å². The highest BCUT2D eigenvalue weighted by Gasteiger charge is 2.28. The number of aliphatic hydroxyl groups excluding tert-OH is 2. The summed E-state index contributed by atoms with van der Waals surface area (Å²) in [5.41, 5.74) is 5.37. The van der Waals surface area contributed by atoms with Crippen molar-refractivity contribution in [1.29, 1.82) is 0 Å². The van der Waals surface area contributed by atoms with Gasteiger partial charge in [0.15, 0.2) is 0 Å². The fourth-order valence-electron chi connectivity index (χ4n) is 7.24. The van der Waals surface area contributed by atoms with Gasteiger partial charge in [-0.2, -0.15) is 0 Å². The lowest BCUT2D eigenvalue weighted by atomic mass is 10.0. The molecule has 0 aliphatic carbocycles. The van der Waals surface area contributed by atoms with Crippen LogP contribution in [0.25, 0.3) is 0 Å². The first-order chi connectivity index (χ1) is 26.3. The molecular formula is C44H91N2O7P. The molecule has 1 amide bonds. The highest BCUT2D eigenvalue weighted by Crippen LogP contribution is 2.43. The first-order valence-corrected chi connectivity index (χ1v) is 24.7. The molecule has 0 aromatic carbocycles. The van der Waals surface area contributed by atoms with Gasteiger partial charge in [-0.1, -0.05) is 219 Å². The van der Waals surface area contributed by atoms with E-state index in [4.69, 9.17) is 14.8 Å². The summed E-state index contributed by atoms with van der Waals surface area (Å²) >= 11 is 0. The van der Waals surface area contributed by atoms with Gasteiger partial charge in [0.2, 0.25) is 5.91 Å². The highest BCUT2D eigenvalue weighted by molar-refractivity contribution is 7.47. The quantitative estimate of drug-likeness (QED) is 0.0302.